The first-order valence-corrected chi connectivity index (χ1v) is 7.25. The Balaban J connectivity index is 1.93. The number of amides is 1. The summed E-state index contributed by atoms with van der Waals surface area (Å²) >= 11 is 0. The van der Waals surface area contributed by atoms with Crippen molar-refractivity contribution in [2.45, 2.75) is 12.5 Å². The van der Waals surface area contributed by atoms with E-state index in [2.05, 4.69) is 6.58 Å². The molecule has 0 fully saturated rings. The van der Waals surface area contributed by atoms with Gasteiger partial charge in [0, 0.05) is 19.0 Å². The fourth-order valence-electron chi connectivity index (χ4n) is 2.64. The molecule has 3 rings (SSSR count). The lowest BCUT2D eigenvalue weighted by atomic mass is 10.0. The summed E-state index contributed by atoms with van der Waals surface area (Å²) in [7, 11) is 0. The van der Waals surface area contributed by atoms with Crippen molar-refractivity contribution in [1.82, 2.24) is 0 Å². The van der Waals surface area contributed by atoms with E-state index in [4.69, 9.17) is 4.74 Å². The maximum absolute atomic E-state index is 13.3. The molecule has 2 aromatic carbocycles. The first kappa shape index (κ1) is 15.1. The monoisotopic (exact) mass is 313 g/mol. The van der Waals surface area contributed by atoms with Crippen molar-refractivity contribution >= 4 is 11.6 Å². The Hall–Kier alpha value is -2.82. The van der Waals surface area contributed by atoms with Gasteiger partial charge in [0.05, 0.1) is 5.69 Å². The molecule has 1 amide bonds. The highest BCUT2D eigenvalue weighted by molar-refractivity contribution is 6.00. The van der Waals surface area contributed by atoms with Gasteiger partial charge in [-0.1, -0.05) is 18.2 Å². The van der Waals surface area contributed by atoms with Crippen LogP contribution >= 0.6 is 0 Å². The van der Waals surface area contributed by atoms with E-state index in [1.165, 1.54) is 29.2 Å². The molecule has 0 bridgehead atoms. The highest BCUT2D eigenvalue weighted by Gasteiger charge is 2.34. The smallest absolute Gasteiger partial charge is 0.268 e. The molecule has 1 atom stereocenters. The molecular weight excluding hydrogens is 297 g/mol. The Morgan fingerprint density at radius 2 is 2.13 bits per heavy atom. The Morgan fingerprint density at radius 3 is 2.87 bits per heavy atom. The molecule has 1 aliphatic heterocycles. The van der Waals surface area contributed by atoms with E-state index in [9.17, 15) is 14.3 Å². The highest BCUT2D eigenvalue weighted by Crippen LogP contribution is 2.37. The fourth-order valence-corrected chi connectivity index (χ4v) is 2.64. The number of aromatic hydroxyl groups is 1. The number of ether oxygens (including phenoxy) is 1. The second kappa shape index (κ2) is 6.12. The molecule has 1 unspecified atom stereocenters. The number of carbonyl (C=O) groups is 1. The fraction of sp³-hybridized carbons (Fsp3) is 0.167. The van der Waals surface area contributed by atoms with E-state index in [1.54, 1.807) is 24.3 Å². The molecule has 0 spiro atoms. The van der Waals surface area contributed by atoms with Crippen molar-refractivity contribution in [3.05, 3.63) is 66.5 Å². The van der Waals surface area contributed by atoms with Gasteiger partial charge in [0.1, 0.15) is 17.3 Å². The Morgan fingerprint density at radius 1 is 1.30 bits per heavy atom. The molecule has 1 aliphatic rings. The van der Waals surface area contributed by atoms with Crippen LogP contribution in [-0.4, -0.2) is 23.7 Å². The number of rotatable bonds is 4. The molecule has 0 radical (unpaired) electrons. The number of halogens is 1. The average Bonchev–Trinajstić information content (AvgIpc) is 2.52. The zero-order valence-corrected chi connectivity index (χ0v) is 12.4. The van der Waals surface area contributed by atoms with E-state index >= 15 is 0 Å². The summed E-state index contributed by atoms with van der Waals surface area (Å²) < 4.78 is 19.1. The number of fused-ring (bicyclic) bond motifs is 1. The predicted molar refractivity (Wildman–Crippen MR) is 85.2 cm³/mol. The van der Waals surface area contributed by atoms with Crippen molar-refractivity contribution in [3.8, 4) is 11.5 Å². The van der Waals surface area contributed by atoms with Crippen molar-refractivity contribution in [2.75, 3.05) is 11.4 Å². The third-order valence-corrected chi connectivity index (χ3v) is 3.67. The van der Waals surface area contributed by atoms with E-state index in [-0.39, 0.29) is 23.9 Å². The molecule has 0 aliphatic carbocycles. The summed E-state index contributed by atoms with van der Waals surface area (Å²) in [6.45, 7) is 3.96. The third-order valence-electron chi connectivity index (χ3n) is 3.67. The lowest BCUT2D eigenvalue weighted by Crippen LogP contribution is -2.47. The van der Waals surface area contributed by atoms with Crippen molar-refractivity contribution in [2.24, 2.45) is 0 Å². The largest absolute Gasteiger partial charge is 0.508 e. The first-order chi connectivity index (χ1) is 11.1. The van der Waals surface area contributed by atoms with E-state index in [0.717, 1.165) is 0 Å². The standard InChI is InChI=1S/C18H16FNO3/c1-2-8-20-15-11-14(21)6-7-16(15)23-17(18(20)22)10-12-4-3-5-13(19)9-12/h2-7,9,11,17,21H,1,8,10H2. The Labute approximate surface area is 133 Å². The lowest BCUT2D eigenvalue weighted by Gasteiger charge is -2.34. The first-order valence-electron chi connectivity index (χ1n) is 7.25. The van der Waals surface area contributed by atoms with Crippen molar-refractivity contribution in [1.29, 1.82) is 0 Å². The van der Waals surface area contributed by atoms with Gasteiger partial charge in [-0.05, 0) is 29.8 Å². The van der Waals surface area contributed by atoms with Crippen LogP contribution in [-0.2, 0) is 11.2 Å². The molecular formula is C18H16FNO3. The molecule has 0 aromatic heterocycles. The van der Waals surface area contributed by atoms with Crippen LogP contribution in [0.3, 0.4) is 0 Å². The average molecular weight is 313 g/mol. The molecule has 23 heavy (non-hydrogen) atoms. The van der Waals surface area contributed by atoms with Gasteiger partial charge in [-0.25, -0.2) is 4.39 Å². The number of nitrogens with zero attached hydrogens (tertiary/aromatic N) is 1. The lowest BCUT2D eigenvalue weighted by molar-refractivity contribution is -0.126. The number of anilines is 1. The van der Waals surface area contributed by atoms with Crippen LogP contribution in [0.4, 0.5) is 10.1 Å². The minimum atomic E-state index is -0.742. The Bertz CT molecular complexity index is 760. The number of phenolic OH excluding ortho intramolecular Hbond substituents is 1. The second-order valence-corrected chi connectivity index (χ2v) is 5.33. The number of hydrogen-bond donors (Lipinski definition) is 1. The molecule has 5 heteroatoms. The minimum absolute atomic E-state index is 0.0535. The second-order valence-electron chi connectivity index (χ2n) is 5.33. The summed E-state index contributed by atoms with van der Waals surface area (Å²) in [5.74, 6) is -0.0327. The quantitative estimate of drug-likeness (QED) is 0.883. The van der Waals surface area contributed by atoms with Gasteiger partial charge >= 0.3 is 0 Å². The van der Waals surface area contributed by atoms with Gasteiger partial charge in [0.15, 0.2) is 6.10 Å². The molecule has 1 heterocycles. The Kier molecular flexibility index (Phi) is 4.02. The van der Waals surface area contributed by atoms with Gasteiger partial charge in [0.2, 0.25) is 0 Å². The molecule has 2 aromatic rings. The van der Waals surface area contributed by atoms with Gasteiger partial charge in [0.25, 0.3) is 5.91 Å². The minimum Gasteiger partial charge on any atom is -0.508 e. The van der Waals surface area contributed by atoms with Crippen molar-refractivity contribution < 1.29 is 19.0 Å². The highest BCUT2D eigenvalue weighted by atomic mass is 19.1. The van der Waals surface area contributed by atoms with Crippen LogP contribution in [0.25, 0.3) is 0 Å². The zero-order chi connectivity index (χ0) is 16.4. The number of benzene rings is 2. The zero-order valence-electron chi connectivity index (χ0n) is 12.4. The summed E-state index contributed by atoms with van der Waals surface area (Å²) in [6.07, 6.45) is 1.13. The number of carbonyl (C=O) groups excluding carboxylic acids is 1. The van der Waals surface area contributed by atoms with E-state index in [0.29, 0.717) is 23.5 Å². The van der Waals surface area contributed by atoms with E-state index < -0.39 is 6.10 Å². The number of hydrogen-bond acceptors (Lipinski definition) is 3. The van der Waals surface area contributed by atoms with Crippen LogP contribution in [0.15, 0.2) is 55.1 Å². The van der Waals surface area contributed by atoms with Crippen molar-refractivity contribution in [3.63, 3.8) is 0 Å². The summed E-state index contributed by atoms with van der Waals surface area (Å²) in [6, 6.07) is 10.7. The maximum atomic E-state index is 13.3. The maximum Gasteiger partial charge on any atom is 0.268 e. The van der Waals surface area contributed by atoms with Gasteiger partial charge in [-0.15, -0.1) is 6.58 Å². The number of phenols is 1. The molecule has 0 saturated carbocycles. The van der Waals surface area contributed by atoms with Gasteiger partial charge in [-0.3, -0.25) is 4.79 Å². The van der Waals surface area contributed by atoms with Crippen LogP contribution in [0.2, 0.25) is 0 Å². The van der Waals surface area contributed by atoms with Gasteiger partial charge < -0.3 is 14.7 Å². The van der Waals surface area contributed by atoms with E-state index in [1.807, 2.05) is 0 Å². The summed E-state index contributed by atoms with van der Waals surface area (Å²) in [4.78, 5) is 14.2. The molecule has 4 nitrogen and oxygen atoms in total. The topological polar surface area (TPSA) is 49.8 Å². The predicted octanol–water partition coefficient (Wildman–Crippen LogP) is 3.05. The van der Waals surface area contributed by atoms with Gasteiger partial charge in [-0.2, -0.15) is 0 Å². The molecule has 118 valence electrons. The SMILES string of the molecule is C=CCN1C(=O)C(Cc2cccc(F)c2)Oc2ccc(O)cc21. The summed E-state index contributed by atoms with van der Waals surface area (Å²) in [5.41, 5.74) is 1.19. The molecule has 1 N–H and O–H groups in total. The van der Waals surface area contributed by atoms with Crippen LogP contribution in [0.1, 0.15) is 5.56 Å². The third kappa shape index (κ3) is 3.04. The van der Waals surface area contributed by atoms with Crippen LogP contribution in [0.5, 0.6) is 11.5 Å². The van der Waals surface area contributed by atoms with Crippen LogP contribution in [0, 0.1) is 5.82 Å². The summed E-state index contributed by atoms with van der Waals surface area (Å²) in [5, 5.41) is 9.63. The normalized spacial score (nSPS) is 16.7. The molecule has 0 saturated heterocycles. The van der Waals surface area contributed by atoms with Crippen LogP contribution < -0.4 is 9.64 Å².